The fourth-order valence-corrected chi connectivity index (χ4v) is 2.14. The summed E-state index contributed by atoms with van der Waals surface area (Å²) in [7, 11) is 0. The number of rotatable bonds is 7. The van der Waals surface area contributed by atoms with E-state index < -0.39 is 0 Å². The first-order valence-electron chi connectivity index (χ1n) is 7.88. The van der Waals surface area contributed by atoms with Crippen LogP contribution >= 0.6 is 0 Å². The topological polar surface area (TPSA) is 84.7 Å². The van der Waals surface area contributed by atoms with E-state index >= 15 is 0 Å². The van der Waals surface area contributed by atoms with E-state index in [0.29, 0.717) is 24.7 Å². The number of aromatic nitrogens is 4. The minimum Gasteiger partial charge on any atom is -0.368 e. The Kier molecular flexibility index (Phi) is 5.50. The van der Waals surface area contributed by atoms with Crippen molar-refractivity contribution in [3.05, 3.63) is 72.8 Å². The molecule has 0 aliphatic heterocycles. The fraction of sp³-hybridized carbons (Fsp3) is 0.111. The van der Waals surface area contributed by atoms with Crippen LogP contribution in [0.1, 0.15) is 5.56 Å². The van der Waals surface area contributed by atoms with Crippen molar-refractivity contribution in [1.29, 1.82) is 0 Å². The summed E-state index contributed by atoms with van der Waals surface area (Å²) in [5, 5.41) is 10.1. The second-order valence-electron chi connectivity index (χ2n) is 5.17. The average molecular weight is 334 g/mol. The molecule has 126 valence electrons. The second-order valence-corrected chi connectivity index (χ2v) is 5.17. The first kappa shape index (κ1) is 16.4. The normalized spacial score (nSPS) is 10.7. The molecule has 0 aliphatic rings. The van der Waals surface area contributed by atoms with Gasteiger partial charge in [0, 0.05) is 37.6 Å². The molecule has 0 bridgehead atoms. The molecular weight excluding hydrogens is 316 g/mol. The summed E-state index contributed by atoms with van der Waals surface area (Å²) in [4.78, 5) is 20.1. The zero-order valence-corrected chi connectivity index (χ0v) is 13.5. The van der Waals surface area contributed by atoms with Crippen molar-refractivity contribution < 1.29 is 4.79 Å². The van der Waals surface area contributed by atoms with Crippen LogP contribution in [0.15, 0.2) is 67.3 Å². The fourth-order valence-electron chi connectivity index (χ4n) is 2.14. The van der Waals surface area contributed by atoms with Gasteiger partial charge in [-0.25, -0.2) is 14.6 Å². The molecule has 0 saturated heterocycles. The van der Waals surface area contributed by atoms with E-state index in [1.807, 2.05) is 42.6 Å². The summed E-state index contributed by atoms with van der Waals surface area (Å²) >= 11 is 0. The quantitative estimate of drug-likeness (QED) is 0.509. The maximum atomic E-state index is 11.8. The molecule has 3 rings (SSSR count). The van der Waals surface area contributed by atoms with E-state index in [0.717, 1.165) is 5.56 Å². The molecule has 7 nitrogen and oxygen atoms in total. The van der Waals surface area contributed by atoms with Crippen LogP contribution in [0.2, 0.25) is 0 Å². The lowest BCUT2D eigenvalue weighted by atomic mass is 10.2. The molecule has 1 amide bonds. The van der Waals surface area contributed by atoms with Crippen molar-refractivity contribution in [1.82, 2.24) is 25.1 Å². The first-order chi connectivity index (χ1) is 12.3. The standard InChI is InChI=1S/C18H18N6O/c25-18(8-7-15-5-2-1-3-6-15)20-11-10-19-16-13-17(22-14-21-16)24-12-4-9-23-24/h1-9,12-14H,10-11H2,(H,20,25)(H,19,21,22). The highest BCUT2D eigenvalue weighted by Crippen LogP contribution is 2.07. The molecule has 1 aromatic carbocycles. The van der Waals surface area contributed by atoms with Gasteiger partial charge >= 0.3 is 0 Å². The number of anilines is 1. The van der Waals surface area contributed by atoms with Crippen LogP contribution in [0.3, 0.4) is 0 Å². The van der Waals surface area contributed by atoms with Gasteiger partial charge in [0.05, 0.1) is 0 Å². The van der Waals surface area contributed by atoms with E-state index in [1.54, 1.807) is 23.0 Å². The van der Waals surface area contributed by atoms with Crippen LogP contribution in [-0.4, -0.2) is 38.7 Å². The Morgan fingerprint density at radius 1 is 1.12 bits per heavy atom. The maximum Gasteiger partial charge on any atom is 0.244 e. The number of carbonyl (C=O) groups excluding carboxylic acids is 1. The molecule has 0 fully saturated rings. The number of nitrogens with zero attached hydrogens (tertiary/aromatic N) is 4. The molecule has 0 unspecified atom stereocenters. The van der Waals surface area contributed by atoms with Crippen molar-refractivity contribution in [3.8, 4) is 5.82 Å². The van der Waals surface area contributed by atoms with Gasteiger partial charge in [0.2, 0.25) is 5.91 Å². The molecular formula is C18H18N6O. The molecule has 0 atom stereocenters. The molecule has 0 radical (unpaired) electrons. The van der Waals surface area contributed by atoms with E-state index in [4.69, 9.17) is 0 Å². The third-order valence-electron chi connectivity index (χ3n) is 3.35. The highest BCUT2D eigenvalue weighted by Gasteiger charge is 2.01. The van der Waals surface area contributed by atoms with Crippen molar-refractivity contribution in [3.63, 3.8) is 0 Å². The van der Waals surface area contributed by atoms with Gasteiger partial charge in [-0.05, 0) is 17.7 Å². The lowest BCUT2D eigenvalue weighted by Crippen LogP contribution is -2.27. The molecule has 0 spiro atoms. The lowest BCUT2D eigenvalue weighted by Gasteiger charge is -2.07. The largest absolute Gasteiger partial charge is 0.368 e. The Morgan fingerprint density at radius 2 is 2.00 bits per heavy atom. The van der Waals surface area contributed by atoms with Crippen LogP contribution in [-0.2, 0) is 4.79 Å². The number of nitrogens with one attached hydrogen (secondary N) is 2. The van der Waals surface area contributed by atoms with Crippen LogP contribution in [0.25, 0.3) is 11.9 Å². The molecule has 0 saturated carbocycles. The summed E-state index contributed by atoms with van der Waals surface area (Å²) < 4.78 is 1.66. The van der Waals surface area contributed by atoms with Crippen molar-refractivity contribution in [2.45, 2.75) is 0 Å². The summed E-state index contributed by atoms with van der Waals surface area (Å²) in [6, 6.07) is 13.3. The number of amides is 1. The van der Waals surface area contributed by atoms with Gasteiger partial charge in [0.1, 0.15) is 12.1 Å². The Labute approximate surface area is 145 Å². The summed E-state index contributed by atoms with van der Waals surface area (Å²) in [5.74, 6) is 1.22. The maximum absolute atomic E-state index is 11.8. The smallest absolute Gasteiger partial charge is 0.244 e. The Morgan fingerprint density at radius 3 is 2.80 bits per heavy atom. The summed E-state index contributed by atoms with van der Waals surface area (Å²) in [6.45, 7) is 1.04. The van der Waals surface area contributed by atoms with Gasteiger partial charge < -0.3 is 10.6 Å². The average Bonchev–Trinajstić information content (AvgIpc) is 3.19. The molecule has 2 aromatic heterocycles. The Hall–Kier alpha value is -3.48. The van der Waals surface area contributed by atoms with Gasteiger partial charge in [-0.15, -0.1) is 0 Å². The number of hydrogen-bond donors (Lipinski definition) is 2. The molecule has 7 heteroatoms. The van der Waals surface area contributed by atoms with Crippen molar-refractivity contribution >= 4 is 17.8 Å². The predicted molar refractivity (Wildman–Crippen MR) is 96.1 cm³/mol. The molecule has 0 aliphatic carbocycles. The van der Waals surface area contributed by atoms with Crippen LogP contribution in [0.5, 0.6) is 0 Å². The Balaban J connectivity index is 1.43. The van der Waals surface area contributed by atoms with Gasteiger partial charge in [0.15, 0.2) is 5.82 Å². The molecule has 25 heavy (non-hydrogen) atoms. The predicted octanol–water partition coefficient (Wildman–Crippen LogP) is 1.90. The Bertz CT molecular complexity index is 830. The van der Waals surface area contributed by atoms with Crippen molar-refractivity contribution in [2.75, 3.05) is 18.4 Å². The summed E-state index contributed by atoms with van der Waals surface area (Å²) in [6.07, 6.45) is 8.28. The van der Waals surface area contributed by atoms with E-state index in [2.05, 4.69) is 25.7 Å². The zero-order chi connectivity index (χ0) is 17.3. The van der Waals surface area contributed by atoms with E-state index in [1.165, 1.54) is 12.4 Å². The second kappa shape index (κ2) is 8.39. The zero-order valence-electron chi connectivity index (χ0n) is 13.5. The molecule has 2 N–H and O–H groups in total. The van der Waals surface area contributed by atoms with E-state index in [9.17, 15) is 4.79 Å². The van der Waals surface area contributed by atoms with Crippen LogP contribution in [0.4, 0.5) is 5.82 Å². The highest BCUT2D eigenvalue weighted by molar-refractivity contribution is 5.91. The molecule has 2 heterocycles. The third-order valence-corrected chi connectivity index (χ3v) is 3.35. The number of carbonyl (C=O) groups is 1. The monoisotopic (exact) mass is 334 g/mol. The van der Waals surface area contributed by atoms with Gasteiger partial charge in [-0.3, -0.25) is 4.79 Å². The van der Waals surface area contributed by atoms with E-state index in [-0.39, 0.29) is 5.91 Å². The number of hydrogen-bond acceptors (Lipinski definition) is 5. The lowest BCUT2D eigenvalue weighted by molar-refractivity contribution is -0.116. The third kappa shape index (κ3) is 5.00. The van der Waals surface area contributed by atoms with Gasteiger partial charge in [-0.2, -0.15) is 5.10 Å². The van der Waals surface area contributed by atoms with Crippen molar-refractivity contribution in [2.24, 2.45) is 0 Å². The SMILES string of the molecule is O=C(C=Cc1ccccc1)NCCNc1cc(-n2cccn2)ncn1. The van der Waals surface area contributed by atoms with Gasteiger partial charge in [-0.1, -0.05) is 30.3 Å². The number of benzene rings is 1. The van der Waals surface area contributed by atoms with Gasteiger partial charge in [0.25, 0.3) is 0 Å². The molecule has 3 aromatic rings. The minimum absolute atomic E-state index is 0.134. The van der Waals surface area contributed by atoms with Crippen LogP contribution in [0, 0.1) is 0 Å². The first-order valence-corrected chi connectivity index (χ1v) is 7.88. The highest BCUT2D eigenvalue weighted by atomic mass is 16.1. The summed E-state index contributed by atoms with van der Waals surface area (Å²) in [5.41, 5.74) is 0.989. The van der Waals surface area contributed by atoms with Crippen LogP contribution < -0.4 is 10.6 Å². The minimum atomic E-state index is -0.134.